The Morgan fingerprint density at radius 1 is 1.00 bits per heavy atom. The van der Waals surface area contributed by atoms with E-state index in [0.717, 1.165) is 6.08 Å². The van der Waals surface area contributed by atoms with E-state index in [1.165, 1.54) is 0 Å². The van der Waals surface area contributed by atoms with Crippen LogP contribution in [0.25, 0.3) is 0 Å². The third kappa shape index (κ3) is 7.66. The van der Waals surface area contributed by atoms with Gasteiger partial charge >= 0.3 is 0 Å². The van der Waals surface area contributed by atoms with Gasteiger partial charge in [0, 0.05) is 12.8 Å². The molecule has 0 fully saturated rings. The smallest absolute Gasteiger partial charge is 0.177 e. The number of ketones is 2. The van der Waals surface area contributed by atoms with Crippen LogP contribution in [-0.4, -0.2) is 33.5 Å². The van der Waals surface area contributed by atoms with E-state index in [4.69, 9.17) is 5.11 Å². The maximum absolute atomic E-state index is 12.2. The molecule has 3 N–H and O–H groups in total. The molecule has 0 aromatic carbocycles. The summed E-state index contributed by atoms with van der Waals surface area (Å²) in [5.74, 6) is -1.38. The minimum atomic E-state index is -0.624. The van der Waals surface area contributed by atoms with Gasteiger partial charge in [-0.25, -0.2) is 0 Å². The fraction of sp³-hybridized carbons (Fsp3) is 0.625. The van der Waals surface area contributed by atoms with Crippen LogP contribution in [0.1, 0.15) is 47.0 Å². The Hall–Kier alpha value is -1.62. The van der Waals surface area contributed by atoms with E-state index in [0.29, 0.717) is 0 Å². The van der Waals surface area contributed by atoms with Crippen LogP contribution in [0.3, 0.4) is 0 Å². The van der Waals surface area contributed by atoms with Gasteiger partial charge in [-0.15, -0.1) is 0 Å². The summed E-state index contributed by atoms with van der Waals surface area (Å²) in [6.45, 7) is 7.00. The van der Waals surface area contributed by atoms with Gasteiger partial charge < -0.3 is 15.3 Å². The van der Waals surface area contributed by atoms with Crippen molar-refractivity contribution in [1.82, 2.24) is 0 Å². The van der Waals surface area contributed by atoms with E-state index >= 15 is 0 Å². The maximum atomic E-state index is 12.2. The van der Waals surface area contributed by atoms with Crippen molar-refractivity contribution in [2.75, 3.05) is 6.61 Å². The number of carbonyl (C=O) groups is 2. The molecule has 0 aromatic heterocycles. The molecule has 0 saturated carbocycles. The molecule has 21 heavy (non-hydrogen) atoms. The number of carbonyl (C=O) groups excluding carboxylic acids is 2. The second-order valence-electron chi connectivity index (χ2n) is 5.93. The SMILES string of the molecule is CC(C)CC(=O)CC(=O)C(=C(\O)CC(C)C)/C(O)=C\CO. The van der Waals surface area contributed by atoms with E-state index in [1.807, 2.05) is 27.7 Å². The van der Waals surface area contributed by atoms with Crippen LogP contribution < -0.4 is 0 Å². The number of allylic oxidation sites excluding steroid dienone is 2. The van der Waals surface area contributed by atoms with E-state index in [9.17, 15) is 19.8 Å². The quantitative estimate of drug-likeness (QED) is 0.263. The molecule has 0 rings (SSSR count). The molecule has 0 atom stereocenters. The topological polar surface area (TPSA) is 94.8 Å². The third-order valence-electron chi connectivity index (χ3n) is 2.70. The molecule has 120 valence electrons. The molecule has 0 spiro atoms. The summed E-state index contributed by atoms with van der Waals surface area (Å²) in [6.07, 6.45) is 1.15. The minimum Gasteiger partial charge on any atom is -0.511 e. The Morgan fingerprint density at radius 3 is 1.95 bits per heavy atom. The largest absolute Gasteiger partial charge is 0.511 e. The lowest BCUT2D eigenvalue weighted by Gasteiger charge is -2.11. The van der Waals surface area contributed by atoms with Gasteiger partial charge in [-0.3, -0.25) is 9.59 Å². The third-order valence-corrected chi connectivity index (χ3v) is 2.70. The molecule has 0 unspecified atom stereocenters. The van der Waals surface area contributed by atoms with E-state index < -0.39 is 18.1 Å². The van der Waals surface area contributed by atoms with Gasteiger partial charge in [-0.2, -0.15) is 0 Å². The van der Waals surface area contributed by atoms with Gasteiger partial charge in [0.25, 0.3) is 0 Å². The molecule has 0 amide bonds. The summed E-state index contributed by atoms with van der Waals surface area (Å²) in [5.41, 5.74) is -0.269. The summed E-state index contributed by atoms with van der Waals surface area (Å²) in [4.78, 5) is 23.9. The zero-order valence-electron chi connectivity index (χ0n) is 13.2. The lowest BCUT2D eigenvalue weighted by atomic mass is 9.96. The van der Waals surface area contributed by atoms with E-state index in [-0.39, 0.29) is 48.2 Å². The second-order valence-corrected chi connectivity index (χ2v) is 5.93. The highest BCUT2D eigenvalue weighted by Crippen LogP contribution is 2.20. The van der Waals surface area contributed by atoms with Crippen molar-refractivity contribution in [2.45, 2.75) is 47.0 Å². The summed E-state index contributed by atoms with van der Waals surface area (Å²) >= 11 is 0. The molecule has 0 saturated heterocycles. The van der Waals surface area contributed by atoms with Gasteiger partial charge in [-0.05, 0) is 17.9 Å². The normalized spacial score (nSPS) is 13.6. The molecular formula is C16H26O5. The van der Waals surface area contributed by atoms with Crippen LogP contribution in [-0.2, 0) is 9.59 Å². The minimum absolute atomic E-state index is 0.0843. The highest BCUT2D eigenvalue weighted by atomic mass is 16.3. The first-order valence-corrected chi connectivity index (χ1v) is 7.16. The van der Waals surface area contributed by atoms with Crippen molar-refractivity contribution in [3.05, 3.63) is 23.2 Å². The molecule has 0 radical (unpaired) electrons. The Morgan fingerprint density at radius 2 is 1.52 bits per heavy atom. The van der Waals surface area contributed by atoms with Crippen molar-refractivity contribution < 1.29 is 24.9 Å². The van der Waals surface area contributed by atoms with Crippen LogP contribution in [0.2, 0.25) is 0 Å². The molecule has 0 aliphatic carbocycles. The Bertz CT molecular complexity index is 430. The van der Waals surface area contributed by atoms with Crippen molar-refractivity contribution in [3.8, 4) is 0 Å². The molecule has 0 aromatic rings. The standard InChI is InChI=1S/C16H26O5/c1-10(2)7-12(18)9-15(21)16(13(19)5-6-17)14(20)8-11(3)4/h5,10-11,17,19-20H,6-9H2,1-4H3/b13-5+,16-14-. The summed E-state index contributed by atoms with van der Waals surface area (Å²) < 4.78 is 0. The van der Waals surface area contributed by atoms with Crippen LogP contribution in [0.15, 0.2) is 23.2 Å². The Labute approximate surface area is 126 Å². The van der Waals surface area contributed by atoms with Gasteiger partial charge in [0.05, 0.1) is 18.6 Å². The van der Waals surface area contributed by atoms with Crippen LogP contribution in [0.5, 0.6) is 0 Å². The van der Waals surface area contributed by atoms with E-state index in [1.54, 1.807) is 0 Å². The maximum Gasteiger partial charge on any atom is 0.177 e. The number of aliphatic hydroxyl groups excluding tert-OH is 3. The molecule has 0 heterocycles. The first kappa shape index (κ1) is 19.4. The highest BCUT2D eigenvalue weighted by molar-refractivity contribution is 6.09. The lowest BCUT2D eigenvalue weighted by molar-refractivity contribution is -0.125. The summed E-state index contributed by atoms with van der Waals surface area (Å²) in [6, 6.07) is 0. The number of hydrogen-bond donors (Lipinski definition) is 3. The number of aliphatic hydroxyl groups is 3. The summed E-state index contributed by atoms with van der Waals surface area (Å²) in [7, 11) is 0. The van der Waals surface area contributed by atoms with Crippen LogP contribution in [0.4, 0.5) is 0 Å². The zero-order valence-corrected chi connectivity index (χ0v) is 13.2. The number of Topliss-reactive ketones (excluding diaryl/α,β-unsaturated/α-hetero) is 2. The zero-order chi connectivity index (χ0) is 16.6. The van der Waals surface area contributed by atoms with Crippen LogP contribution >= 0.6 is 0 Å². The average Bonchev–Trinajstić information content (AvgIpc) is 2.26. The van der Waals surface area contributed by atoms with Crippen molar-refractivity contribution >= 4 is 11.6 Å². The van der Waals surface area contributed by atoms with Crippen LogP contribution in [0, 0.1) is 11.8 Å². The highest BCUT2D eigenvalue weighted by Gasteiger charge is 2.22. The second kappa shape index (κ2) is 9.34. The Balaban J connectivity index is 5.27. The van der Waals surface area contributed by atoms with Crippen molar-refractivity contribution in [3.63, 3.8) is 0 Å². The molecule has 5 heteroatoms. The predicted molar refractivity (Wildman–Crippen MR) is 81.0 cm³/mol. The first-order valence-electron chi connectivity index (χ1n) is 7.16. The first-order chi connectivity index (χ1) is 9.68. The van der Waals surface area contributed by atoms with E-state index in [2.05, 4.69) is 0 Å². The van der Waals surface area contributed by atoms with Crippen molar-refractivity contribution in [2.24, 2.45) is 11.8 Å². The molecule has 0 aliphatic rings. The van der Waals surface area contributed by atoms with Crippen molar-refractivity contribution in [1.29, 1.82) is 0 Å². The van der Waals surface area contributed by atoms with Gasteiger partial charge in [0.2, 0.25) is 0 Å². The number of hydrogen-bond acceptors (Lipinski definition) is 5. The lowest BCUT2D eigenvalue weighted by Crippen LogP contribution is -2.16. The molecular weight excluding hydrogens is 272 g/mol. The average molecular weight is 298 g/mol. The monoisotopic (exact) mass is 298 g/mol. The van der Waals surface area contributed by atoms with Gasteiger partial charge in [0.1, 0.15) is 17.3 Å². The fourth-order valence-electron chi connectivity index (χ4n) is 1.92. The molecule has 5 nitrogen and oxygen atoms in total. The predicted octanol–water partition coefficient (Wildman–Crippen LogP) is 2.85. The van der Waals surface area contributed by atoms with Gasteiger partial charge in [0.15, 0.2) is 5.78 Å². The number of rotatable bonds is 9. The van der Waals surface area contributed by atoms with Gasteiger partial charge in [-0.1, -0.05) is 27.7 Å². The Kier molecular flexibility index (Phi) is 8.62. The fourth-order valence-corrected chi connectivity index (χ4v) is 1.92. The summed E-state index contributed by atoms with van der Waals surface area (Å²) in [5, 5.41) is 28.6. The molecule has 0 aliphatic heterocycles. The molecule has 0 bridgehead atoms.